The highest BCUT2D eigenvalue weighted by atomic mass is 79.9. The Labute approximate surface area is 192 Å². The standard InChI is InChI=1S/C27H26BrNO2/c1-18-15-20(28)16-19(2)21(18)9-7-8-14-29-27(30)31-17-26-24-12-5-3-10-22(24)23-11-4-6-13-25(23)26/h3-7,9-13,15-16,26H,8,14,17H2,1-2H3,(H,29,30). The Hall–Kier alpha value is -2.85. The van der Waals surface area contributed by atoms with Crippen molar-refractivity contribution in [1.29, 1.82) is 0 Å². The third kappa shape index (κ3) is 4.75. The highest BCUT2D eigenvalue weighted by Gasteiger charge is 2.28. The van der Waals surface area contributed by atoms with E-state index in [9.17, 15) is 4.79 Å². The van der Waals surface area contributed by atoms with Gasteiger partial charge < -0.3 is 10.1 Å². The van der Waals surface area contributed by atoms with Crippen molar-refractivity contribution in [3.05, 3.63) is 99.0 Å². The van der Waals surface area contributed by atoms with E-state index in [0.717, 1.165) is 10.9 Å². The van der Waals surface area contributed by atoms with Crippen LogP contribution in [0.4, 0.5) is 4.79 Å². The average molecular weight is 476 g/mol. The first kappa shape index (κ1) is 21.4. The van der Waals surface area contributed by atoms with Gasteiger partial charge in [0.05, 0.1) is 0 Å². The largest absolute Gasteiger partial charge is 0.449 e. The van der Waals surface area contributed by atoms with Gasteiger partial charge in [0.2, 0.25) is 0 Å². The molecule has 4 rings (SSSR count). The van der Waals surface area contributed by atoms with Crippen LogP contribution in [0.2, 0.25) is 0 Å². The molecule has 0 saturated heterocycles. The van der Waals surface area contributed by atoms with Gasteiger partial charge in [-0.2, -0.15) is 0 Å². The van der Waals surface area contributed by atoms with Gasteiger partial charge in [0.15, 0.2) is 0 Å². The molecule has 0 bridgehead atoms. The molecule has 0 atom stereocenters. The summed E-state index contributed by atoms with van der Waals surface area (Å²) in [4.78, 5) is 12.2. The lowest BCUT2D eigenvalue weighted by Gasteiger charge is -2.14. The summed E-state index contributed by atoms with van der Waals surface area (Å²) < 4.78 is 6.67. The van der Waals surface area contributed by atoms with Crippen molar-refractivity contribution in [1.82, 2.24) is 5.32 Å². The van der Waals surface area contributed by atoms with Crippen molar-refractivity contribution in [3.8, 4) is 11.1 Å². The van der Waals surface area contributed by atoms with Gasteiger partial charge >= 0.3 is 6.09 Å². The number of amides is 1. The number of carbonyl (C=O) groups is 1. The van der Waals surface area contributed by atoms with Crippen LogP contribution >= 0.6 is 15.9 Å². The van der Waals surface area contributed by atoms with Crippen LogP contribution in [-0.2, 0) is 4.74 Å². The summed E-state index contributed by atoms with van der Waals surface area (Å²) in [5, 5.41) is 2.86. The number of benzene rings is 3. The minimum Gasteiger partial charge on any atom is -0.449 e. The lowest BCUT2D eigenvalue weighted by atomic mass is 9.98. The van der Waals surface area contributed by atoms with Crippen LogP contribution in [0.1, 0.15) is 40.2 Å². The molecule has 0 unspecified atom stereocenters. The first-order valence-electron chi connectivity index (χ1n) is 10.6. The number of carbonyl (C=O) groups excluding carboxylic acids is 1. The third-order valence-electron chi connectivity index (χ3n) is 5.77. The first-order chi connectivity index (χ1) is 15.0. The number of nitrogens with one attached hydrogen (secondary N) is 1. The smallest absolute Gasteiger partial charge is 0.407 e. The molecule has 0 saturated carbocycles. The molecule has 3 aromatic rings. The van der Waals surface area contributed by atoms with E-state index in [0.29, 0.717) is 13.2 Å². The maximum absolute atomic E-state index is 12.2. The van der Waals surface area contributed by atoms with Gasteiger partial charge in [0.1, 0.15) is 6.61 Å². The minimum atomic E-state index is -0.369. The number of alkyl carbamates (subject to hydrolysis) is 1. The zero-order valence-electron chi connectivity index (χ0n) is 17.8. The van der Waals surface area contributed by atoms with E-state index >= 15 is 0 Å². The lowest BCUT2D eigenvalue weighted by Crippen LogP contribution is -2.26. The molecule has 3 nitrogen and oxygen atoms in total. The summed E-state index contributed by atoms with van der Waals surface area (Å²) in [6, 6.07) is 20.9. The molecule has 3 aromatic carbocycles. The van der Waals surface area contributed by atoms with Crippen LogP contribution in [0.25, 0.3) is 17.2 Å². The monoisotopic (exact) mass is 475 g/mol. The topological polar surface area (TPSA) is 38.3 Å². The number of fused-ring (bicyclic) bond motifs is 3. The van der Waals surface area contributed by atoms with E-state index in [1.165, 1.54) is 38.9 Å². The maximum Gasteiger partial charge on any atom is 0.407 e. The van der Waals surface area contributed by atoms with E-state index in [4.69, 9.17) is 4.74 Å². The fourth-order valence-corrected chi connectivity index (χ4v) is 4.98. The van der Waals surface area contributed by atoms with Crippen LogP contribution in [0.15, 0.2) is 71.2 Å². The summed E-state index contributed by atoms with van der Waals surface area (Å²) in [6.07, 6.45) is 4.59. The molecule has 4 heteroatoms. The quantitative estimate of drug-likeness (QED) is 0.389. The highest BCUT2D eigenvalue weighted by molar-refractivity contribution is 9.10. The summed E-state index contributed by atoms with van der Waals surface area (Å²) >= 11 is 3.53. The summed E-state index contributed by atoms with van der Waals surface area (Å²) in [5.74, 6) is 0.0846. The van der Waals surface area contributed by atoms with Crippen molar-refractivity contribution in [2.45, 2.75) is 26.2 Å². The van der Waals surface area contributed by atoms with Crippen LogP contribution in [0.5, 0.6) is 0 Å². The van der Waals surface area contributed by atoms with Gasteiger partial charge in [-0.05, 0) is 71.3 Å². The maximum atomic E-state index is 12.2. The molecular formula is C27H26BrNO2. The summed E-state index contributed by atoms with van der Waals surface area (Å²) in [7, 11) is 0. The van der Waals surface area contributed by atoms with E-state index in [-0.39, 0.29) is 12.0 Å². The third-order valence-corrected chi connectivity index (χ3v) is 6.22. The van der Waals surface area contributed by atoms with Gasteiger partial charge in [-0.25, -0.2) is 4.79 Å². The predicted octanol–water partition coefficient (Wildman–Crippen LogP) is 7.01. The number of ether oxygens (including phenoxy) is 1. The number of aryl methyl sites for hydroxylation is 2. The van der Waals surface area contributed by atoms with E-state index in [2.05, 4.69) is 95.8 Å². The summed E-state index contributed by atoms with van der Waals surface area (Å²) in [6.45, 7) is 5.09. The number of halogens is 1. The predicted molar refractivity (Wildman–Crippen MR) is 130 cm³/mol. The Morgan fingerprint density at radius 3 is 2.19 bits per heavy atom. The van der Waals surface area contributed by atoms with Crippen molar-refractivity contribution in [2.75, 3.05) is 13.2 Å². The molecule has 0 fully saturated rings. The molecule has 158 valence electrons. The average Bonchev–Trinajstić information content (AvgIpc) is 3.07. The molecule has 1 aliphatic carbocycles. The van der Waals surface area contributed by atoms with Crippen molar-refractivity contribution in [3.63, 3.8) is 0 Å². The molecule has 0 heterocycles. The Kier molecular flexibility index (Phi) is 6.57. The van der Waals surface area contributed by atoms with Gasteiger partial charge in [0, 0.05) is 16.9 Å². The summed E-state index contributed by atoms with van der Waals surface area (Å²) in [5.41, 5.74) is 8.59. The molecule has 0 aliphatic heterocycles. The number of hydrogen-bond donors (Lipinski definition) is 1. The fraction of sp³-hybridized carbons (Fsp3) is 0.222. The van der Waals surface area contributed by atoms with Crippen LogP contribution in [0.3, 0.4) is 0 Å². The Morgan fingerprint density at radius 1 is 1.00 bits per heavy atom. The van der Waals surface area contributed by atoms with Crippen LogP contribution in [-0.4, -0.2) is 19.2 Å². The van der Waals surface area contributed by atoms with Crippen LogP contribution in [0, 0.1) is 13.8 Å². The lowest BCUT2D eigenvalue weighted by molar-refractivity contribution is 0.143. The molecular weight excluding hydrogens is 450 g/mol. The minimum absolute atomic E-state index is 0.0846. The van der Waals surface area contributed by atoms with Gasteiger partial charge in [-0.3, -0.25) is 0 Å². The Balaban J connectivity index is 1.29. The SMILES string of the molecule is Cc1cc(Br)cc(C)c1C=CCCNC(=O)OCC1c2ccccc2-c2ccccc21. The second-order valence-electron chi connectivity index (χ2n) is 7.90. The molecule has 31 heavy (non-hydrogen) atoms. The molecule has 0 aromatic heterocycles. The first-order valence-corrected chi connectivity index (χ1v) is 11.4. The van der Waals surface area contributed by atoms with Crippen molar-refractivity contribution >= 4 is 28.1 Å². The zero-order valence-corrected chi connectivity index (χ0v) is 19.4. The molecule has 1 aliphatic rings. The second kappa shape index (κ2) is 9.52. The number of rotatable bonds is 6. The normalized spacial score (nSPS) is 12.6. The van der Waals surface area contributed by atoms with E-state index in [1.54, 1.807) is 0 Å². The van der Waals surface area contributed by atoms with Crippen molar-refractivity contribution in [2.24, 2.45) is 0 Å². The van der Waals surface area contributed by atoms with Gasteiger partial charge in [-0.15, -0.1) is 0 Å². The zero-order chi connectivity index (χ0) is 21.8. The van der Waals surface area contributed by atoms with Gasteiger partial charge in [-0.1, -0.05) is 76.6 Å². The fourth-order valence-electron chi connectivity index (χ4n) is 4.29. The molecule has 1 amide bonds. The molecule has 1 N–H and O–H groups in total. The van der Waals surface area contributed by atoms with Gasteiger partial charge in [0.25, 0.3) is 0 Å². The highest BCUT2D eigenvalue weighted by Crippen LogP contribution is 2.44. The van der Waals surface area contributed by atoms with Crippen LogP contribution < -0.4 is 5.32 Å². The Morgan fingerprint density at radius 2 is 1.58 bits per heavy atom. The molecule has 0 spiro atoms. The van der Waals surface area contributed by atoms with E-state index in [1.807, 2.05) is 12.1 Å². The van der Waals surface area contributed by atoms with Crippen molar-refractivity contribution < 1.29 is 9.53 Å². The number of hydrogen-bond acceptors (Lipinski definition) is 2. The molecule has 0 radical (unpaired) electrons. The van der Waals surface area contributed by atoms with E-state index < -0.39 is 0 Å². The second-order valence-corrected chi connectivity index (χ2v) is 8.81. The Bertz CT molecular complexity index is 1070.